The highest BCUT2D eigenvalue weighted by molar-refractivity contribution is 6.29. The van der Waals surface area contributed by atoms with E-state index in [1.54, 1.807) is 29.7 Å². The van der Waals surface area contributed by atoms with Gasteiger partial charge in [0.15, 0.2) is 11.5 Å². The molecule has 0 saturated carbocycles. The van der Waals surface area contributed by atoms with Crippen LogP contribution in [0.5, 0.6) is 5.75 Å². The summed E-state index contributed by atoms with van der Waals surface area (Å²) in [5.41, 5.74) is 7.97. The maximum absolute atomic E-state index is 6.18. The van der Waals surface area contributed by atoms with Crippen LogP contribution < -0.4 is 10.5 Å². The molecule has 5 nitrogen and oxygen atoms in total. The Morgan fingerprint density at radius 1 is 1.21 bits per heavy atom. The molecule has 0 aliphatic carbocycles. The summed E-state index contributed by atoms with van der Waals surface area (Å²) < 4.78 is 6.90. The fourth-order valence-corrected chi connectivity index (χ4v) is 2.20. The molecule has 0 amide bonds. The molecular formula is C13H11ClN4O. The SMILES string of the molecule is COc1ccc(-c2nnc3cccc(Cl)n23)cc1N. The van der Waals surface area contributed by atoms with Crippen molar-refractivity contribution in [2.45, 2.75) is 0 Å². The van der Waals surface area contributed by atoms with Gasteiger partial charge in [-0.2, -0.15) is 0 Å². The van der Waals surface area contributed by atoms with Crippen LogP contribution in [0.25, 0.3) is 17.0 Å². The van der Waals surface area contributed by atoms with E-state index in [4.69, 9.17) is 22.1 Å². The average Bonchev–Trinajstić information content (AvgIpc) is 2.84. The molecular weight excluding hydrogens is 264 g/mol. The molecule has 2 heterocycles. The van der Waals surface area contributed by atoms with Gasteiger partial charge < -0.3 is 10.5 Å². The van der Waals surface area contributed by atoms with Gasteiger partial charge in [0.1, 0.15) is 10.9 Å². The molecule has 3 rings (SSSR count). The van der Waals surface area contributed by atoms with Crippen molar-refractivity contribution in [3.05, 3.63) is 41.6 Å². The van der Waals surface area contributed by atoms with Gasteiger partial charge in [-0.05, 0) is 30.3 Å². The normalized spacial score (nSPS) is 10.8. The number of hydrogen-bond donors (Lipinski definition) is 1. The van der Waals surface area contributed by atoms with Crippen LogP contribution >= 0.6 is 11.6 Å². The minimum Gasteiger partial charge on any atom is -0.495 e. The van der Waals surface area contributed by atoms with Crippen LogP contribution in [-0.2, 0) is 0 Å². The number of halogens is 1. The summed E-state index contributed by atoms with van der Waals surface area (Å²) in [6, 6.07) is 10.9. The van der Waals surface area contributed by atoms with Crippen LogP contribution in [0.4, 0.5) is 5.69 Å². The molecule has 0 radical (unpaired) electrons. The number of anilines is 1. The minimum atomic E-state index is 0.545. The van der Waals surface area contributed by atoms with Gasteiger partial charge in [-0.3, -0.25) is 4.40 Å². The topological polar surface area (TPSA) is 65.4 Å². The summed E-state index contributed by atoms with van der Waals surface area (Å²) in [7, 11) is 1.58. The van der Waals surface area contributed by atoms with E-state index < -0.39 is 0 Å². The highest BCUT2D eigenvalue weighted by atomic mass is 35.5. The monoisotopic (exact) mass is 274 g/mol. The molecule has 0 unspecified atom stereocenters. The zero-order valence-electron chi connectivity index (χ0n) is 10.2. The lowest BCUT2D eigenvalue weighted by atomic mass is 10.2. The van der Waals surface area contributed by atoms with E-state index in [1.807, 2.05) is 18.2 Å². The molecule has 0 aliphatic heterocycles. The number of methoxy groups -OCH3 is 1. The first-order valence-corrected chi connectivity index (χ1v) is 6.02. The molecule has 3 aromatic rings. The Bertz CT molecular complexity index is 753. The van der Waals surface area contributed by atoms with E-state index in [1.165, 1.54) is 0 Å². The second-order valence-corrected chi connectivity index (χ2v) is 4.41. The van der Waals surface area contributed by atoms with Gasteiger partial charge in [-0.25, -0.2) is 0 Å². The first-order chi connectivity index (χ1) is 9.20. The van der Waals surface area contributed by atoms with Crippen molar-refractivity contribution in [2.75, 3.05) is 12.8 Å². The van der Waals surface area contributed by atoms with Crippen molar-refractivity contribution in [1.29, 1.82) is 0 Å². The van der Waals surface area contributed by atoms with Gasteiger partial charge in [-0.15, -0.1) is 10.2 Å². The van der Waals surface area contributed by atoms with Crippen molar-refractivity contribution < 1.29 is 4.74 Å². The van der Waals surface area contributed by atoms with Crippen molar-refractivity contribution in [2.24, 2.45) is 0 Å². The third-order valence-electron chi connectivity index (χ3n) is 2.87. The van der Waals surface area contributed by atoms with E-state index >= 15 is 0 Å². The molecule has 6 heteroatoms. The lowest BCUT2D eigenvalue weighted by molar-refractivity contribution is 0.417. The predicted octanol–water partition coefficient (Wildman–Crippen LogP) is 2.64. The van der Waals surface area contributed by atoms with Gasteiger partial charge >= 0.3 is 0 Å². The lowest BCUT2D eigenvalue weighted by Gasteiger charge is -2.06. The molecule has 0 atom stereocenters. The Kier molecular flexibility index (Phi) is 2.76. The summed E-state index contributed by atoms with van der Waals surface area (Å²) in [5.74, 6) is 1.28. The van der Waals surface area contributed by atoms with Crippen molar-refractivity contribution in [3.8, 4) is 17.1 Å². The summed E-state index contributed by atoms with van der Waals surface area (Å²) in [5, 5.41) is 8.79. The Labute approximate surface area is 114 Å². The van der Waals surface area contributed by atoms with Crippen LogP contribution in [0.1, 0.15) is 0 Å². The summed E-state index contributed by atoms with van der Waals surface area (Å²) >= 11 is 6.18. The van der Waals surface area contributed by atoms with Crippen LogP contribution in [0.15, 0.2) is 36.4 Å². The first-order valence-electron chi connectivity index (χ1n) is 5.64. The van der Waals surface area contributed by atoms with Crippen LogP contribution in [0.3, 0.4) is 0 Å². The van der Waals surface area contributed by atoms with E-state index in [2.05, 4.69) is 10.2 Å². The average molecular weight is 275 g/mol. The van der Waals surface area contributed by atoms with Crippen LogP contribution in [-0.4, -0.2) is 21.7 Å². The second-order valence-electron chi connectivity index (χ2n) is 4.02. The number of benzene rings is 1. The number of hydrogen-bond acceptors (Lipinski definition) is 4. The standard InChI is InChI=1S/C13H11ClN4O/c1-19-10-6-5-8(7-9(10)15)13-17-16-12-4-2-3-11(14)18(12)13/h2-7H,15H2,1H3. The zero-order valence-corrected chi connectivity index (χ0v) is 10.9. The molecule has 2 aromatic heterocycles. The molecule has 0 bridgehead atoms. The smallest absolute Gasteiger partial charge is 0.169 e. The molecule has 2 N–H and O–H groups in total. The molecule has 0 aliphatic rings. The Hall–Kier alpha value is -2.27. The summed E-state index contributed by atoms with van der Waals surface area (Å²) in [6.07, 6.45) is 0. The Balaban J connectivity index is 2.22. The van der Waals surface area contributed by atoms with Crippen LogP contribution in [0.2, 0.25) is 5.15 Å². The van der Waals surface area contributed by atoms with Gasteiger partial charge in [0.2, 0.25) is 0 Å². The second kappa shape index (κ2) is 4.44. The number of ether oxygens (including phenoxy) is 1. The van der Waals surface area contributed by atoms with Crippen LogP contribution in [0, 0.1) is 0 Å². The molecule has 0 spiro atoms. The summed E-state index contributed by atoms with van der Waals surface area (Å²) in [4.78, 5) is 0. The number of aromatic nitrogens is 3. The number of pyridine rings is 1. The first kappa shape index (κ1) is 11.8. The highest BCUT2D eigenvalue weighted by Gasteiger charge is 2.11. The predicted molar refractivity (Wildman–Crippen MR) is 74.4 cm³/mol. The Morgan fingerprint density at radius 2 is 2.05 bits per heavy atom. The van der Waals surface area contributed by atoms with E-state index in [0.717, 1.165) is 5.56 Å². The van der Waals surface area contributed by atoms with E-state index in [0.29, 0.717) is 28.1 Å². The maximum Gasteiger partial charge on any atom is 0.169 e. The van der Waals surface area contributed by atoms with Gasteiger partial charge in [0.25, 0.3) is 0 Å². The van der Waals surface area contributed by atoms with E-state index in [-0.39, 0.29) is 0 Å². The maximum atomic E-state index is 6.18. The molecule has 0 fully saturated rings. The fourth-order valence-electron chi connectivity index (χ4n) is 1.96. The van der Waals surface area contributed by atoms with Gasteiger partial charge in [0.05, 0.1) is 12.8 Å². The largest absolute Gasteiger partial charge is 0.495 e. The number of fused-ring (bicyclic) bond motifs is 1. The number of nitrogens with two attached hydrogens (primary N) is 1. The molecule has 19 heavy (non-hydrogen) atoms. The molecule has 1 aromatic carbocycles. The lowest BCUT2D eigenvalue weighted by Crippen LogP contribution is -1.95. The van der Waals surface area contributed by atoms with Crippen molar-refractivity contribution in [3.63, 3.8) is 0 Å². The molecule has 96 valence electrons. The third kappa shape index (κ3) is 1.88. The van der Waals surface area contributed by atoms with E-state index in [9.17, 15) is 0 Å². The Morgan fingerprint density at radius 3 is 2.79 bits per heavy atom. The van der Waals surface area contributed by atoms with Crippen molar-refractivity contribution >= 4 is 22.9 Å². The number of rotatable bonds is 2. The van der Waals surface area contributed by atoms with Gasteiger partial charge in [0, 0.05) is 5.56 Å². The molecule has 0 saturated heterocycles. The van der Waals surface area contributed by atoms with Gasteiger partial charge in [-0.1, -0.05) is 17.7 Å². The third-order valence-corrected chi connectivity index (χ3v) is 3.16. The minimum absolute atomic E-state index is 0.545. The number of nitrogens with zero attached hydrogens (tertiary/aromatic N) is 3. The summed E-state index contributed by atoms with van der Waals surface area (Å²) in [6.45, 7) is 0. The van der Waals surface area contributed by atoms with Crippen molar-refractivity contribution in [1.82, 2.24) is 14.6 Å². The quantitative estimate of drug-likeness (QED) is 0.576. The fraction of sp³-hybridized carbons (Fsp3) is 0.0769. The number of nitrogen functional groups attached to an aromatic ring is 1. The zero-order chi connectivity index (χ0) is 13.4. The highest BCUT2D eigenvalue weighted by Crippen LogP contribution is 2.28.